The molecule has 29 heavy (non-hydrogen) atoms. The Bertz CT molecular complexity index is 740. The predicted molar refractivity (Wildman–Crippen MR) is 122 cm³/mol. The molecule has 2 aliphatic heterocycles. The smallest absolute Gasteiger partial charge is 0.225 e. The molecule has 0 spiro atoms. The molecule has 3 aliphatic rings. The topological polar surface area (TPSA) is 68.8 Å². The van der Waals surface area contributed by atoms with Crippen LogP contribution in [-0.4, -0.2) is 67.0 Å². The molecule has 1 saturated heterocycles. The number of rotatable bonds is 5. The Morgan fingerprint density at radius 1 is 1.24 bits per heavy atom. The van der Waals surface area contributed by atoms with Crippen LogP contribution in [0, 0.1) is 0 Å². The van der Waals surface area contributed by atoms with E-state index in [1.807, 2.05) is 25.2 Å². The van der Waals surface area contributed by atoms with E-state index in [9.17, 15) is 4.79 Å². The maximum absolute atomic E-state index is 12.1. The van der Waals surface area contributed by atoms with Gasteiger partial charge in [-0.1, -0.05) is 31.0 Å². The molecule has 0 bridgehead atoms. The molecule has 3 N–H and O–H groups in total. The van der Waals surface area contributed by atoms with E-state index in [1.165, 1.54) is 55.8 Å². The van der Waals surface area contributed by atoms with Crippen LogP contribution in [0.4, 0.5) is 5.69 Å². The fraction of sp³-hybridized carbons (Fsp3) is 0.636. The number of carbonyl (C=O) groups excluding carboxylic acids is 1. The minimum absolute atomic E-state index is 0.0892. The van der Waals surface area contributed by atoms with Gasteiger partial charge in [0.25, 0.3) is 0 Å². The van der Waals surface area contributed by atoms with Crippen molar-refractivity contribution in [1.29, 1.82) is 0 Å². The molecule has 1 saturated carbocycles. The number of thioether (sulfide) groups is 1. The van der Waals surface area contributed by atoms with E-state index in [-0.39, 0.29) is 17.4 Å². The third-order valence-corrected chi connectivity index (χ3v) is 7.59. The highest BCUT2D eigenvalue weighted by atomic mass is 32.2. The Kier molecular flexibility index (Phi) is 6.65. The molecule has 4 rings (SSSR count). The summed E-state index contributed by atoms with van der Waals surface area (Å²) in [5.74, 6) is 3.59. The normalized spacial score (nSPS) is 24.7. The van der Waals surface area contributed by atoms with Crippen LogP contribution < -0.4 is 16.0 Å². The minimum Gasteiger partial charge on any atom is -0.356 e. The van der Waals surface area contributed by atoms with Crippen LogP contribution in [0.3, 0.4) is 0 Å². The van der Waals surface area contributed by atoms with Gasteiger partial charge in [-0.2, -0.15) is 11.8 Å². The lowest BCUT2D eigenvalue weighted by atomic mass is 9.90. The average Bonchev–Trinajstić information content (AvgIpc) is 3.24. The molecule has 158 valence electrons. The predicted octanol–water partition coefficient (Wildman–Crippen LogP) is 2.64. The number of hydrogen-bond acceptors (Lipinski definition) is 4. The lowest BCUT2D eigenvalue weighted by Gasteiger charge is -2.43. The molecule has 7 heteroatoms. The van der Waals surface area contributed by atoms with Gasteiger partial charge in [0.2, 0.25) is 5.91 Å². The summed E-state index contributed by atoms with van der Waals surface area (Å²) in [6, 6.07) is 8.10. The number of nitrogens with one attached hydrogen (secondary N) is 3. The number of anilines is 1. The molecule has 2 heterocycles. The highest BCUT2D eigenvalue weighted by Gasteiger charge is 2.40. The monoisotopic (exact) mass is 415 g/mol. The first kappa shape index (κ1) is 20.5. The average molecular weight is 416 g/mol. The van der Waals surface area contributed by atoms with E-state index in [2.05, 4.69) is 43.7 Å². The highest BCUT2D eigenvalue weighted by molar-refractivity contribution is 7.99. The molecule has 1 aliphatic carbocycles. The molecule has 6 nitrogen and oxygen atoms in total. The number of hydrogen-bond donors (Lipinski definition) is 3. The standard InChI is InChI=1S/C22H33N5OS/c1-23-21(24-15-17-14-20(28)26-19-7-3-2-6-18(17)19)25-16-22(8-4-5-9-22)27-10-12-29-13-11-27/h2-3,6-7,17H,4-5,8-16H2,1H3,(H,26,28)(H2,23,24,25). The molecule has 1 atom stereocenters. The summed E-state index contributed by atoms with van der Waals surface area (Å²) in [6.45, 7) is 4.05. The Morgan fingerprint density at radius 3 is 2.76 bits per heavy atom. The first-order valence-electron chi connectivity index (χ1n) is 10.9. The van der Waals surface area contributed by atoms with E-state index in [4.69, 9.17) is 0 Å². The van der Waals surface area contributed by atoms with Gasteiger partial charge < -0.3 is 16.0 Å². The van der Waals surface area contributed by atoms with E-state index < -0.39 is 0 Å². The van der Waals surface area contributed by atoms with Gasteiger partial charge in [0.15, 0.2) is 5.96 Å². The SMILES string of the molecule is CN=C(NCC1CC(=O)Nc2ccccc21)NCC1(N2CCSCC2)CCCC1. The quantitative estimate of drug-likeness (QED) is 0.510. The van der Waals surface area contributed by atoms with Gasteiger partial charge in [0, 0.05) is 68.3 Å². The van der Waals surface area contributed by atoms with Crippen LogP contribution in [-0.2, 0) is 4.79 Å². The summed E-state index contributed by atoms with van der Waals surface area (Å²) < 4.78 is 0. The molecule has 0 radical (unpaired) electrons. The van der Waals surface area contributed by atoms with Crippen molar-refractivity contribution in [2.24, 2.45) is 4.99 Å². The van der Waals surface area contributed by atoms with Crippen molar-refractivity contribution in [2.75, 3.05) is 50.0 Å². The van der Waals surface area contributed by atoms with Crippen LogP contribution in [0.5, 0.6) is 0 Å². The Morgan fingerprint density at radius 2 is 2.00 bits per heavy atom. The lowest BCUT2D eigenvalue weighted by Crippen LogP contribution is -2.57. The van der Waals surface area contributed by atoms with E-state index in [1.54, 1.807) is 0 Å². The molecule has 1 aromatic carbocycles. The van der Waals surface area contributed by atoms with Crippen molar-refractivity contribution in [1.82, 2.24) is 15.5 Å². The van der Waals surface area contributed by atoms with Crippen molar-refractivity contribution in [3.8, 4) is 0 Å². The Labute approximate surface area is 178 Å². The van der Waals surface area contributed by atoms with Gasteiger partial charge in [-0.05, 0) is 24.5 Å². The van der Waals surface area contributed by atoms with Crippen molar-refractivity contribution in [3.63, 3.8) is 0 Å². The maximum Gasteiger partial charge on any atom is 0.225 e. The number of amides is 1. The van der Waals surface area contributed by atoms with E-state index in [0.29, 0.717) is 13.0 Å². The number of guanidine groups is 1. The maximum atomic E-state index is 12.1. The van der Waals surface area contributed by atoms with Crippen LogP contribution in [0.25, 0.3) is 0 Å². The molecular weight excluding hydrogens is 382 g/mol. The van der Waals surface area contributed by atoms with Gasteiger partial charge in [0.05, 0.1) is 0 Å². The summed E-state index contributed by atoms with van der Waals surface area (Å²) in [5.41, 5.74) is 2.41. The van der Waals surface area contributed by atoms with Crippen LogP contribution in [0.2, 0.25) is 0 Å². The van der Waals surface area contributed by atoms with Crippen molar-refractivity contribution >= 4 is 29.3 Å². The first-order chi connectivity index (χ1) is 14.2. The van der Waals surface area contributed by atoms with Crippen molar-refractivity contribution in [2.45, 2.75) is 43.6 Å². The van der Waals surface area contributed by atoms with Gasteiger partial charge in [-0.25, -0.2) is 0 Å². The van der Waals surface area contributed by atoms with Crippen LogP contribution >= 0.6 is 11.8 Å². The zero-order valence-electron chi connectivity index (χ0n) is 17.4. The number of carbonyl (C=O) groups is 1. The van der Waals surface area contributed by atoms with Crippen LogP contribution in [0.15, 0.2) is 29.3 Å². The summed E-state index contributed by atoms with van der Waals surface area (Å²) >= 11 is 2.07. The molecule has 1 aromatic rings. The van der Waals surface area contributed by atoms with Gasteiger partial charge in [-0.15, -0.1) is 0 Å². The number of benzene rings is 1. The number of aliphatic imine (C=N–C) groups is 1. The van der Waals surface area contributed by atoms with Crippen LogP contribution in [0.1, 0.15) is 43.6 Å². The zero-order chi connectivity index (χ0) is 20.1. The van der Waals surface area contributed by atoms with Gasteiger partial charge in [0.1, 0.15) is 0 Å². The molecule has 1 amide bonds. The number of para-hydroxylation sites is 1. The third kappa shape index (κ3) is 4.72. The third-order valence-electron chi connectivity index (χ3n) is 6.65. The summed E-state index contributed by atoms with van der Waals surface area (Å²) in [7, 11) is 1.83. The summed E-state index contributed by atoms with van der Waals surface area (Å²) in [5, 5.41) is 10.1. The second kappa shape index (κ2) is 9.39. The number of nitrogens with zero attached hydrogens (tertiary/aromatic N) is 2. The second-order valence-corrected chi connectivity index (χ2v) is 9.60. The second-order valence-electron chi connectivity index (χ2n) is 8.37. The zero-order valence-corrected chi connectivity index (χ0v) is 18.2. The Balaban J connectivity index is 1.36. The Hall–Kier alpha value is -1.73. The fourth-order valence-electron chi connectivity index (χ4n) is 5.05. The molecular formula is C22H33N5OS. The summed E-state index contributed by atoms with van der Waals surface area (Å²) in [4.78, 5) is 19.3. The van der Waals surface area contributed by atoms with Crippen molar-refractivity contribution < 1.29 is 4.79 Å². The van der Waals surface area contributed by atoms with Gasteiger partial charge in [-0.3, -0.25) is 14.7 Å². The molecule has 0 aromatic heterocycles. The fourth-order valence-corrected chi connectivity index (χ4v) is 5.95. The van der Waals surface area contributed by atoms with E-state index in [0.717, 1.165) is 18.2 Å². The largest absolute Gasteiger partial charge is 0.356 e. The lowest BCUT2D eigenvalue weighted by molar-refractivity contribution is -0.116. The first-order valence-corrected chi connectivity index (χ1v) is 12.0. The number of fused-ring (bicyclic) bond motifs is 1. The van der Waals surface area contributed by atoms with E-state index >= 15 is 0 Å². The summed E-state index contributed by atoms with van der Waals surface area (Å²) in [6.07, 6.45) is 5.71. The van der Waals surface area contributed by atoms with Gasteiger partial charge >= 0.3 is 0 Å². The minimum atomic E-state index is 0.0892. The van der Waals surface area contributed by atoms with Crippen molar-refractivity contribution in [3.05, 3.63) is 29.8 Å². The highest BCUT2D eigenvalue weighted by Crippen LogP contribution is 2.36. The molecule has 1 unspecified atom stereocenters. The molecule has 2 fully saturated rings.